The highest BCUT2D eigenvalue weighted by Gasteiger charge is 2.59. The number of aliphatic hydroxyl groups is 19. The van der Waals surface area contributed by atoms with Gasteiger partial charge in [0.2, 0.25) is 11.8 Å². The first-order valence-corrected chi connectivity index (χ1v) is 26.6. The van der Waals surface area contributed by atoms with Gasteiger partial charge in [-0.2, -0.15) is 0 Å². The molecule has 0 aromatic heterocycles. The molecule has 0 aromatic rings. The highest BCUT2D eigenvalue weighted by atomic mass is 16.8. The van der Waals surface area contributed by atoms with Gasteiger partial charge in [0.05, 0.1) is 33.0 Å². The quantitative estimate of drug-likeness (QED) is 0.0507. The van der Waals surface area contributed by atoms with Crippen LogP contribution in [-0.2, 0) is 80.8 Å². The minimum absolute atomic E-state index is 0.866. The van der Waals surface area contributed by atoms with Gasteiger partial charge in [-0.1, -0.05) is 0 Å². The van der Waals surface area contributed by atoms with Gasteiger partial charge in [-0.25, -0.2) is 9.59 Å². The van der Waals surface area contributed by atoms with Crippen LogP contribution in [-0.4, -0.2) is 379 Å². The average Bonchev–Trinajstić information content (AvgIpc) is 3.56. The molecule has 496 valence electrons. The molecule has 7 rings (SSSR count). The monoisotopic (exact) mass is 1260 g/mol. The predicted octanol–water partition coefficient (Wildman–Crippen LogP) is -15.8. The maximum atomic E-state index is 12.6. The number of carbonyl (C=O) groups excluding carboxylic acids is 2. The third-order valence-corrected chi connectivity index (χ3v) is 15.3. The molecule has 7 fully saturated rings. The predicted molar refractivity (Wildman–Crippen MR) is 256 cm³/mol. The fourth-order valence-electron chi connectivity index (χ4n) is 10.7. The Morgan fingerprint density at radius 3 is 1.05 bits per heavy atom. The van der Waals surface area contributed by atoms with Crippen molar-refractivity contribution in [3.8, 4) is 0 Å². The fourth-order valence-corrected chi connectivity index (χ4v) is 10.7. The van der Waals surface area contributed by atoms with Crippen molar-refractivity contribution >= 4 is 23.8 Å². The minimum Gasteiger partial charge on any atom is -0.479 e. The maximum Gasteiger partial charge on any atom is 0.335 e. The second kappa shape index (κ2) is 29.7. The molecule has 2 amide bonds. The zero-order valence-corrected chi connectivity index (χ0v) is 45.1. The van der Waals surface area contributed by atoms with Gasteiger partial charge in [0.25, 0.3) is 0 Å². The third kappa shape index (κ3) is 14.8. The first-order valence-electron chi connectivity index (χ1n) is 26.6. The van der Waals surface area contributed by atoms with E-state index in [1.807, 2.05) is 0 Å². The summed E-state index contributed by atoms with van der Waals surface area (Å²) < 4.78 is 72.6. The first-order chi connectivity index (χ1) is 40.5. The number of carboxylic acids is 2. The van der Waals surface area contributed by atoms with Gasteiger partial charge in [-0.15, -0.1) is 0 Å². The lowest BCUT2D eigenvalue weighted by atomic mass is 9.94. The maximum absolute atomic E-state index is 12.6. The summed E-state index contributed by atoms with van der Waals surface area (Å²) in [5, 5.41) is 229. The Labute approximate surface area is 483 Å². The number of carboxylic acid groups (broad SMARTS) is 2. The van der Waals surface area contributed by atoms with Gasteiger partial charge >= 0.3 is 11.9 Å². The molecule has 7 aliphatic rings. The zero-order valence-electron chi connectivity index (χ0n) is 45.1. The van der Waals surface area contributed by atoms with E-state index in [0.717, 1.165) is 13.8 Å². The van der Waals surface area contributed by atoms with Crippen LogP contribution in [0, 0.1) is 0 Å². The lowest BCUT2D eigenvalue weighted by molar-refractivity contribution is -0.381. The smallest absolute Gasteiger partial charge is 0.335 e. The van der Waals surface area contributed by atoms with Crippen LogP contribution in [0.15, 0.2) is 0 Å². The lowest BCUT2D eigenvalue weighted by Crippen LogP contribution is -2.70. The highest BCUT2D eigenvalue weighted by molar-refractivity contribution is 5.74. The Balaban J connectivity index is 1.04. The normalized spacial score (nSPS) is 49.3. The molecule has 7 saturated heterocycles. The molecule has 0 bridgehead atoms. The summed E-state index contributed by atoms with van der Waals surface area (Å²) in [6.45, 7) is -3.27. The Hall–Kier alpha value is -3.40. The molecular formula is C46H74N2O38. The van der Waals surface area contributed by atoms with E-state index >= 15 is 0 Å². The van der Waals surface area contributed by atoms with Crippen molar-refractivity contribution in [2.45, 2.75) is 229 Å². The summed E-state index contributed by atoms with van der Waals surface area (Å²) in [5.41, 5.74) is 0. The topological polar surface area (TPSA) is 637 Å². The average molecular weight is 1260 g/mol. The van der Waals surface area contributed by atoms with Gasteiger partial charge < -0.3 is 179 Å². The second-order valence-corrected chi connectivity index (χ2v) is 21.2. The minimum atomic E-state index is -2.28. The number of aliphatic hydroxyl groups excluding tert-OH is 19. The standard InChI is InChI=1S/C46H74N2O38/c1-8(53)47-15-20(58)31(80-45-29(67)34(17(55)10(3-49)76-45)83-43-26(64)22(60)24(62)36(85-43)38(69)70)12(5-51)78-41(15)74-7-14-19(57)33(28(66)40(73)75-14)82-42-16(48-9(2)54)21(59)32(13(6-52)79-42)81-46-30(68)35(18(56)11(4-50)77-46)84-44-27(65)23(61)25(63)37(86-44)39(71)72/h10-37,40-46,49-52,55-68,73H,3-7H2,1-2H3,(H,47,53)(H,48,54)(H,69,70)(H,71,72)/t10-,11-,12-,13-,14-,15-,16-,17+,18+,19-,20-,21-,22+,23+,24+,25+,26-,27-,28+,29-,30-,31-,32-,33+,34+,35+,36+,37+,40?,41-,42+,43-,44-,45+,46+/m1/s1. The molecule has 86 heavy (non-hydrogen) atoms. The van der Waals surface area contributed by atoms with E-state index in [4.69, 9.17) is 61.6 Å². The molecule has 0 saturated carbocycles. The van der Waals surface area contributed by atoms with Gasteiger partial charge in [0.1, 0.15) is 159 Å². The summed E-state index contributed by atoms with van der Waals surface area (Å²) in [4.78, 5) is 48.6. The van der Waals surface area contributed by atoms with Crippen molar-refractivity contribution < 1.29 is 188 Å². The van der Waals surface area contributed by atoms with Gasteiger partial charge in [-0.3, -0.25) is 9.59 Å². The Kier molecular flexibility index (Phi) is 24.2. The molecule has 40 heteroatoms. The van der Waals surface area contributed by atoms with Crippen molar-refractivity contribution in [3.05, 3.63) is 0 Å². The van der Waals surface area contributed by atoms with E-state index in [9.17, 15) is 126 Å². The molecule has 0 spiro atoms. The van der Waals surface area contributed by atoms with E-state index in [-0.39, 0.29) is 0 Å². The van der Waals surface area contributed by atoms with Crippen LogP contribution in [0.2, 0.25) is 0 Å². The van der Waals surface area contributed by atoms with Gasteiger partial charge in [0, 0.05) is 13.8 Å². The molecule has 0 radical (unpaired) electrons. The molecule has 23 N–H and O–H groups in total. The Morgan fingerprint density at radius 2 is 0.663 bits per heavy atom. The number of hydrogen-bond acceptors (Lipinski definition) is 36. The molecular weight excluding hydrogens is 1190 g/mol. The molecule has 40 nitrogen and oxygen atoms in total. The van der Waals surface area contributed by atoms with E-state index in [1.54, 1.807) is 0 Å². The first kappa shape index (κ1) is 70.1. The number of carbonyl (C=O) groups is 4. The van der Waals surface area contributed by atoms with Gasteiger partial charge in [0.15, 0.2) is 56.2 Å². The fraction of sp³-hybridized carbons (Fsp3) is 0.913. The molecule has 1 unspecified atom stereocenters. The summed E-state index contributed by atoms with van der Waals surface area (Å²) in [5.74, 6) is -5.40. The van der Waals surface area contributed by atoms with Crippen molar-refractivity contribution in [1.82, 2.24) is 10.6 Å². The molecule has 0 aromatic carbocycles. The van der Waals surface area contributed by atoms with E-state index in [0.29, 0.717) is 0 Å². The second-order valence-electron chi connectivity index (χ2n) is 21.2. The third-order valence-electron chi connectivity index (χ3n) is 15.3. The zero-order chi connectivity index (χ0) is 63.7. The van der Waals surface area contributed by atoms with Crippen molar-refractivity contribution in [1.29, 1.82) is 0 Å². The lowest BCUT2D eigenvalue weighted by Gasteiger charge is -2.50. The number of aliphatic carboxylic acids is 2. The summed E-state index contributed by atoms with van der Waals surface area (Å²) in [6.07, 6.45) is -68.3. The van der Waals surface area contributed by atoms with Crippen LogP contribution < -0.4 is 10.6 Å². The van der Waals surface area contributed by atoms with Crippen molar-refractivity contribution in [2.24, 2.45) is 0 Å². The SMILES string of the molecule is CC(=O)N[C@H]1[C@H](OC[C@H]2OC(O)[C@@H](O)[C@@H](O[C@@H]3O[C@H](CO)[C@@H](O[C@@H]4O[C@H](CO)[C@H](O)[C@H](O[C@@H]5O[C@H](C(=O)O)[C@@H](O)[C@H](O)[C@H]5O)[C@H]4O)[C@H](O)[C@H]3NC(C)=O)[C@@H]2O)O[C@H](CO)[C@@H](O[C@@H]2O[C@H](CO)[C@H](O)[C@H](O[C@@H]3O[C@H](C(=O)O)[C@@H](O)[C@H](O)[C@H]3O)[C@H]2O)[C@@H]1O. The Morgan fingerprint density at radius 1 is 0.337 bits per heavy atom. The van der Waals surface area contributed by atoms with Crippen LogP contribution in [0.4, 0.5) is 0 Å². The van der Waals surface area contributed by atoms with E-state index in [2.05, 4.69) is 10.6 Å². The van der Waals surface area contributed by atoms with E-state index < -0.39 is 272 Å². The number of amides is 2. The van der Waals surface area contributed by atoms with E-state index in [1.165, 1.54) is 0 Å². The van der Waals surface area contributed by atoms with Crippen LogP contribution in [0.1, 0.15) is 13.8 Å². The molecule has 35 atom stereocenters. The van der Waals surface area contributed by atoms with Crippen molar-refractivity contribution in [2.75, 3.05) is 33.0 Å². The summed E-state index contributed by atoms with van der Waals surface area (Å²) in [7, 11) is 0. The Bertz CT molecular complexity index is 2230. The molecule has 7 heterocycles. The molecule has 7 aliphatic heterocycles. The van der Waals surface area contributed by atoms with Crippen molar-refractivity contribution in [3.63, 3.8) is 0 Å². The summed E-state index contributed by atoms with van der Waals surface area (Å²) in [6, 6.07) is -3.61. The highest BCUT2D eigenvalue weighted by Crippen LogP contribution is 2.37. The van der Waals surface area contributed by atoms with Crippen LogP contribution in [0.3, 0.4) is 0 Å². The van der Waals surface area contributed by atoms with Crippen LogP contribution >= 0.6 is 0 Å². The number of hydrogen-bond donors (Lipinski definition) is 23. The number of ether oxygens (including phenoxy) is 13. The van der Waals surface area contributed by atoms with Crippen LogP contribution in [0.5, 0.6) is 0 Å². The van der Waals surface area contributed by atoms with Gasteiger partial charge in [-0.05, 0) is 0 Å². The largest absolute Gasteiger partial charge is 0.479 e. The number of rotatable bonds is 21. The van der Waals surface area contributed by atoms with Crippen LogP contribution in [0.25, 0.3) is 0 Å². The number of nitrogens with one attached hydrogen (secondary N) is 2. The molecule has 0 aliphatic carbocycles. The summed E-state index contributed by atoms with van der Waals surface area (Å²) >= 11 is 0.